The summed E-state index contributed by atoms with van der Waals surface area (Å²) >= 11 is 3.31. The molecule has 1 heterocycles. The van der Waals surface area contributed by atoms with Gasteiger partial charge in [-0.05, 0) is 28.1 Å². The number of amides is 1. The number of benzene rings is 1. The second kappa shape index (κ2) is 6.20. The first kappa shape index (κ1) is 14.1. The molecule has 0 aliphatic carbocycles. The maximum Gasteiger partial charge on any atom is 0.270 e. The number of carbonyl (C=O) groups is 1. The van der Waals surface area contributed by atoms with Crippen molar-refractivity contribution in [2.45, 2.75) is 0 Å². The molecule has 1 aromatic carbocycles. The minimum absolute atomic E-state index is 0.304. The third kappa shape index (κ3) is 2.97. The zero-order valence-corrected chi connectivity index (χ0v) is 12.2. The summed E-state index contributed by atoms with van der Waals surface area (Å²) in [5, 5.41) is 2.83. The van der Waals surface area contributed by atoms with Crippen LogP contribution in [0, 0.1) is 0 Å². The molecule has 0 aliphatic heterocycles. The van der Waals surface area contributed by atoms with Crippen molar-refractivity contribution in [3.63, 3.8) is 0 Å². The van der Waals surface area contributed by atoms with Crippen LogP contribution in [0.1, 0.15) is 10.4 Å². The molecule has 0 spiro atoms. The van der Waals surface area contributed by atoms with Crippen LogP contribution in [0.3, 0.4) is 0 Å². The molecule has 0 atom stereocenters. The van der Waals surface area contributed by atoms with Crippen LogP contribution in [0.4, 0.5) is 17.3 Å². The summed E-state index contributed by atoms with van der Waals surface area (Å²) in [6.45, 7) is 0. The van der Waals surface area contributed by atoms with Crippen LogP contribution in [-0.4, -0.2) is 22.9 Å². The van der Waals surface area contributed by atoms with Gasteiger partial charge in [0.15, 0.2) is 11.6 Å². The smallest absolute Gasteiger partial charge is 0.270 e. The van der Waals surface area contributed by atoms with E-state index in [1.165, 1.54) is 6.33 Å². The van der Waals surface area contributed by atoms with Crippen molar-refractivity contribution >= 4 is 39.2 Å². The Hall–Kier alpha value is -2.35. The molecule has 1 amide bonds. The highest BCUT2D eigenvalue weighted by Crippen LogP contribution is 2.21. The largest absolute Gasteiger partial charge is 0.393 e. The van der Waals surface area contributed by atoms with Crippen LogP contribution in [0.25, 0.3) is 0 Å². The summed E-state index contributed by atoms with van der Waals surface area (Å²) in [4.78, 5) is 19.9. The summed E-state index contributed by atoms with van der Waals surface area (Å²) < 4.78 is 0.700. The maximum absolute atomic E-state index is 12.0. The molecule has 0 aliphatic rings. The number of hydrazine groups is 1. The van der Waals surface area contributed by atoms with Gasteiger partial charge >= 0.3 is 0 Å². The van der Waals surface area contributed by atoms with Crippen LogP contribution >= 0.6 is 15.9 Å². The Morgan fingerprint density at radius 1 is 1.25 bits per heavy atom. The number of nitrogens with zero attached hydrogens (tertiary/aromatic N) is 2. The number of halogens is 1. The zero-order valence-electron chi connectivity index (χ0n) is 10.6. The number of nitrogens with two attached hydrogens (primary N) is 1. The Bertz CT molecular complexity index is 633. The van der Waals surface area contributed by atoms with E-state index >= 15 is 0 Å². The van der Waals surface area contributed by atoms with E-state index in [1.807, 2.05) is 6.07 Å². The fourth-order valence-corrected chi connectivity index (χ4v) is 1.99. The molecule has 0 unspecified atom stereocenters. The Balaban J connectivity index is 2.10. The molecule has 2 rings (SSSR count). The molecule has 104 valence electrons. The van der Waals surface area contributed by atoms with E-state index in [0.717, 1.165) is 0 Å². The first-order chi connectivity index (χ1) is 9.63. The van der Waals surface area contributed by atoms with E-state index in [1.54, 1.807) is 25.2 Å². The van der Waals surface area contributed by atoms with Crippen molar-refractivity contribution in [3.8, 4) is 0 Å². The summed E-state index contributed by atoms with van der Waals surface area (Å²) in [6, 6.07) is 7.09. The second-order valence-corrected chi connectivity index (χ2v) is 4.65. The Morgan fingerprint density at radius 3 is 2.65 bits per heavy atom. The van der Waals surface area contributed by atoms with Gasteiger partial charge in [0, 0.05) is 11.5 Å². The van der Waals surface area contributed by atoms with E-state index < -0.39 is 0 Å². The van der Waals surface area contributed by atoms with Crippen molar-refractivity contribution in [1.29, 1.82) is 0 Å². The number of nitrogens with one attached hydrogen (secondary N) is 3. The monoisotopic (exact) mass is 336 g/mol. The van der Waals surface area contributed by atoms with E-state index in [0.29, 0.717) is 27.4 Å². The topological polar surface area (TPSA) is 105 Å². The minimum Gasteiger partial charge on any atom is -0.393 e. The predicted molar refractivity (Wildman–Crippen MR) is 81.2 cm³/mol. The number of hydrogen-bond donors (Lipinski definition) is 4. The van der Waals surface area contributed by atoms with Crippen LogP contribution < -0.4 is 21.9 Å². The van der Waals surface area contributed by atoms with E-state index in [-0.39, 0.29) is 5.91 Å². The third-order valence-electron chi connectivity index (χ3n) is 2.53. The van der Waals surface area contributed by atoms with Gasteiger partial charge in [0.1, 0.15) is 12.0 Å². The molecule has 1 aromatic heterocycles. The standard InChI is InChI=1S/C12H13BrN6O/c1-15-10-9(14)11(17-6-16-10)18-19-12(20)7-4-2-3-5-8(7)13/h2-6H,14H2,1H3,(H,19,20)(H2,15,16,17,18). The fraction of sp³-hybridized carbons (Fsp3) is 0.0833. The highest BCUT2D eigenvalue weighted by molar-refractivity contribution is 9.10. The molecule has 5 N–H and O–H groups in total. The molecule has 2 aromatic rings. The van der Waals surface area contributed by atoms with Crippen molar-refractivity contribution in [1.82, 2.24) is 15.4 Å². The molecular weight excluding hydrogens is 324 g/mol. The first-order valence-corrected chi connectivity index (χ1v) is 6.52. The lowest BCUT2D eigenvalue weighted by Gasteiger charge is -2.12. The first-order valence-electron chi connectivity index (χ1n) is 5.72. The molecule has 8 heteroatoms. The SMILES string of the molecule is CNc1ncnc(NNC(=O)c2ccccc2Br)c1N. The minimum atomic E-state index is -0.304. The van der Waals surface area contributed by atoms with Gasteiger partial charge in [0.2, 0.25) is 0 Å². The van der Waals surface area contributed by atoms with Gasteiger partial charge in [-0.25, -0.2) is 9.97 Å². The lowest BCUT2D eigenvalue weighted by atomic mass is 10.2. The summed E-state index contributed by atoms with van der Waals surface area (Å²) in [5.41, 5.74) is 11.9. The number of carbonyl (C=O) groups excluding carboxylic acids is 1. The van der Waals surface area contributed by atoms with Crippen molar-refractivity contribution in [3.05, 3.63) is 40.6 Å². The van der Waals surface area contributed by atoms with Crippen molar-refractivity contribution < 1.29 is 4.79 Å². The van der Waals surface area contributed by atoms with Crippen LogP contribution in [0.2, 0.25) is 0 Å². The predicted octanol–water partition coefficient (Wildman–Crippen LogP) is 1.62. The summed E-state index contributed by atoms with van der Waals surface area (Å²) in [6.07, 6.45) is 1.34. The summed E-state index contributed by atoms with van der Waals surface area (Å²) in [7, 11) is 1.70. The van der Waals surface area contributed by atoms with E-state index in [9.17, 15) is 4.79 Å². The maximum atomic E-state index is 12.0. The molecule has 0 fully saturated rings. The number of rotatable bonds is 4. The molecule has 0 bridgehead atoms. The Morgan fingerprint density at radius 2 is 1.95 bits per heavy atom. The molecule has 20 heavy (non-hydrogen) atoms. The lowest BCUT2D eigenvalue weighted by Crippen LogP contribution is -2.30. The van der Waals surface area contributed by atoms with Gasteiger partial charge in [-0.3, -0.25) is 15.6 Å². The van der Waals surface area contributed by atoms with Crippen LogP contribution in [0.5, 0.6) is 0 Å². The highest BCUT2D eigenvalue weighted by Gasteiger charge is 2.11. The molecule has 0 saturated heterocycles. The fourth-order valence-electron chi connectivity index (χ4n) is 1.52. The number of anilines is 3. The quantitative estimate of drug-likeness (QED) is 0.632. The van der Waals surface area contributed by atoms with Crippen molar-refractivity contribution in [2.24, 2.45) is 0 Å². The second-order valence-electron chi connectivity index (χ2n) is 3.79. The Kier molecular flexibility index (Phi) is 4.36. The summed E-state index contributed by atoms with van der Waals surface area (Å²) in [5.74, 6) is 0.504. The average molecular weight is 337 g/mol. The van der Waals surface area contributed by atoms with Gasteiger partial charge < -0.3 is 11.1 Å². The highest BCUT2D eigenvalue weighted by atomic mass is 79.9. The number of aromatic nitrogens is 2. The van der Waals surface area contributed by atoms with E-state index in [4.69, 9.17) is 5.73 Å². The van der Waals surface area contributed by atoms with E-state index in [2.05, 4.69) is 42.1 Å². The Labute approximate surface area is 124 Å². The van der Waals surface area contributed by atoms with Crippen molar-refractivity contribution in [2.75, 3.05) is 23.5 Å². The molecule has 0 saturated carbocycles. The van der Waals surface area contributed by atoms with Gasteiger partial charge in [-0.2, -0.15) is 0 Å². The molecule has 0 radical (unpaired) electrons. The van der Waals surface area contributed by atoms with Gasteiger partial charge in [0.25, 0.3) is 5.91 Å². The zero-order chi connectivity index (χ0) is 14.5. The van der Waals surface area contributed by atoms with Crippen LogP contribution in [0.15, 0.2) is 35.1 Å². The third-order valence-corrected chi connectivity index (χ3v) is 3.23. The lowest BCUT2D eigenvalue weighted by molar-refractivity contribution is 0.0962. The normalized spacial score (nSPS) is 9.90. The van der Waals surface area contributed by atoms with Gasteiger partial charge in [0.05, 0.1) is 5.56 Å². The van der Waals surface area contributed by atoms with Crippen LogP contribution in [-0.2, 0) is 0 Å². The number of hydrogen-bond acceptors (Lipinski definition) is 6. The number of nitrogen functional groups attached to an aromatic ring is 1. The van der Waals surface area contributed by atoms with Gasteiger partial charge in [-0.1, -0.05) is 12.1 Å². The van der Waals surface area contributed by atoms with Gasteiger partial charge in [-0.15, -0.1) is 0 Å². The molecular formula is C12H13BrN6O. The molecule has 7 nitrogen and oxygen atoms in total. The average Bonchev–Trinajstić information content (AvgIpc) is 2.46.